The maximum atomic E-state index is 12.4. The third-order valence-electron chi connectivity index (χ3n) is 4.65. The second kappa shape index (κ2) is 8.95. The van der Waals surface area contributed by atoms with Crippen LogP contribution < -0.4 is 5.32 Å². The van der Waals surface area contributed by atoms with Gasteiger partial charge in [0.25, 0.3) is 0 Å². The highest BCUT2D eigenvalue weighted by Crippen LogP contribution is 2.27. The fraction of sp³-hybridized carbons (Fsp3) is 0.238. The average Bonchev–Trinajstić information content (AvgIpc) is 3.06. The normalized spacial score (nSPS) is 15.1. The van der Waals surface area contributed by atoms with Crippen molar-refractivity contribution in [2.75, 3.05) is 32.7 Å². The van der Waals surface area contributed by atoms with Crippen LogP contribution in [-0.4, -0.2) is 53.0 Å². The Bertz CT molecular complexity index is 930. The standard InChI is InChI=1S/C21H22N4O.ClH/c26-18(16-24-14-11-22-12-15-24)9-10-19-20-8-4-5-13-25(20)23-21(19)17-6-2-1-3-7-17;/h1-10,13,22H,11-12,14-16H2;1H. The molecule has 140 valence electrons. The Balaban J connectivity index is 0.00000210. The molecule has 6 heteroatoms. The number of fused-ring (bicyclic) bond motifs is 1. The van der Waals surface area contributed by atoms with Gasteiger partial charge in [0.15, 0.2) is 5.78 Å². The summed E-state index contributed by atoms with van der Waals surface area (Å²) in [4.78, 5) is 14.6. The molecule has 2 aromatic heterocycles. The van der Waals surface area contributed by atoms with Gasteiger partial charge in [-0.1, -0.05) is 36.4 Å². The van der Waals surface area contributed by atoms with Crippen molar-refractivity contribution in [1.82, 2.24) is 19.8 Å². The van der Waals surface area contributed by atoms with E-state index in [0.29, 0.717) is 6.54 Å². The largest absolute Gasteiger partial charge is 0.314 e. The van der Waals surface area contributed by atoms with Crippen molar-refractivity contribution in [2.24, 2.45) is 0 Å². The van der Waals surface area contributed by atoms with Crippen LogP contribution in [0, 0.1) is 0 Å². The second-order valence-electron chi connectivity index (χ2n) is 6.48. The molecule has 3 heterocycles. The van der Waals surface area contributed by atoms with Crippen LogP contribution in [0.5, 0.6) is 0 Å². The molecule has 0 atom stereocenters. The first-order valence-corrected chi connectivity index (χ1v) is 8.98. The summed E-state index contributed by atoms with van der Waals surface area (Å²) in [7, 11) is 0. The first-order chi connectivity index (χ1) is 12.8. The minimum absolute atomic E-state index is 0. The van der Waals surface area contributed by atoms with Gasteiger partial charge in [-0.05, 0) is 24.3 Å². The smallest absolute Gasteiger partial charge is 0.169 e. The Labute approximate surface area is 165 Å². The summed E-state index contributed by atoms with van der Waals surface area (Å²) in [6.45, 7) is 4.21. The highest BCUT2D eigenvalue weighted by Gasteiger charge is 2.14. The second-order valence-corrected chi connectivity index (χ2v) is 6.48. The first-order valence-electron chi connectivity index (χ1n) is 8.98. The number of aromatic nitrogens is 2. The third-order valence-corrected chi connectivity index (χ3v) is 4.65. The Hall–Kier alpha value is -2.47. The molecule has 0 saturated carbocycles. The number of nitrogens with one attached hydrogen (secondary N) is 1. The predicted molar refractivity (Wildman–Crippen MR) is 111 cm³/mol. The summed E-state index contributed by atoms with van der Waals surface area (Å²) in [5, 5.41) is 8.02. The van der Waals surface area contributed by atoms with Gasteiger partial charge >= 0.3 is 0 Å². The minimum atomic E-state index is 0. The summed E-state index contributed by atoms with van der Waals surface area (Å²) >= 11 is 0. The molecule has 1 fully saturated rings. The van der Waals surface area contributed by atoms with Crippen LogP contribution in [0.1, 0.15) is 5.56 Å². The van der Waals surface area contributed by atoms with Crippen molar-refractivity contribution in [2.45, 2.75) is 0 Å². The van der Waals surface area contributed by atoms with Crippen LogP contribution in [-0.2, 0) is 4.79 Å². The van der Waals surface area contributed by atoms with Gasteiger partial charge in [0, 0.05) is 43.5 Å². The fourth-order valence-corrected chi connectivity index (χ4v) is 3.31. The van der Waals surface area contributed by atoms with E-state index in [4.69, 9.17) is 5.10 Å². The van der Waals surface area contributed by atoms with E-state index < -0.39 is 0 Å². The number of hydrogen-bond acceptors (Lipinski definition) is 4. The van der Waals surface area contributed by atoms with Crippen LogP contribution in [0.3, 0.4) is 0 Å². The highest BCUT2D eigenvalue weighted by molar-refractivity contribution is 5.97. The summed E-state index contributed by atoms with van der Waals surface area (Å²) in [5.74, 6) is 0.126. The van der Waals surface area contributed by atoms with Gasteiger partial charge in [0.1, 0.15) is 5.69 Å². The average molecular weight is 383 g/mol. The van der Waals surface area contributed by atoms with E-state index in [1.165, 1.54) is 0 Å². The minimum Gasteiger partial charge on any atom is -0.314 e. The van der Waals surface area contributed by atoms with E-state index in [0.717, 1.165) is 48.5 Å². The number of nitrogens with zero attached hydrogens (tertiary/aromatic N) is 3. The Morgan fingerprint density at radius 1 is 1.07 bits per heavy atom. The molecule has 0 bridgehead atoms. The van der Waals surface area contributed by atoms with Gasteiger partial charge in [-0.3, -0.25) is 9.69 Å². The summed E-state index contributed by atoms with van der Waals surface area (Å²) in [6, 6.07) is 16.1. The summed E-state index contributed by atoms with van der Waals surface area (Å²) < 4.78 is 1.86. The van der Waals surface area contributed by atoms with Crippen LogP contribution in [0.25, 0.3) is 22.9 Å². The van der Waals surface area contributed by atoms with Gasteiger partial charge in [-0.2, -0.15) is 5.10 Å². The van der Waals surface area contributed by atoms with Crippen LogP contribution in [0.2, 0.25) is 0 Å². The topological polar surface area (TPSA) is 49.6 Å². The lowest BCUT2D eigenvalue weighted by molar-refractivity contribution is -0.115. The molecule has 0 amide bonds. The van der Waals surface area contributed by atoms with E-state index >= 15 is 0 Å². The lowest BCUT2D eigenvalue weighted by atomic mass is 10.1. The Kier molecular flexibility index (Phi) is 6.40. The lowest BCUT2D eigenvalue weighted by Gasteiger charge is -2.25. The number of ketones is 1. The number of benzene rings is 1. The van der Waals surface area contributed by atoms with E-state index in [1.54, 1.807) is 6.08 Å². The molecule has 0 spiro atoms. The quantitative estimate of drug-likeness (QED) is 0.689. The molecule has 1 N–H and O–H groups in total. The SMILES string of the molecule is Cl.O=C(C=Cc1c(-c2ccccc2)nn2ccccc12)CN1CCNCC1. The maximum Gasteiger partial charge on any atom is 0.169 e. The number of carbonyl (C=O) groups excluding carboxylic acids is 1. The third kappa shape index (κ3) is 4.45. The van der Waals surface area contributed by atoms with Crippen molar-refractivity contribution in [3.05, 3.63) is 66.4 Å². The number of hydrogen-bond donors (Lipinski definition) is 1. The molecule has 0 radical (unpaired) electrons. The zero-order chi connectivity index (χ0) is 17.8. The first kappa shape index (κ1) is 19.3. The highest BCUT2D eigenvalue weighted by atomic mass is 35.5. The van der Waals surface area contributed by atoms with Gasteiger partial charge in [0.2, 0.25) is 0 Å². The number of rotatable bonds is 5. The molecule has 1 aliphatic rings. The van der Waals surface area contributed by atoms with Gasteiger partial charge in [0.05, 0.1) is 12.1 Å². The van der Waals surface area contributed by atoms with Gasteiger partial charge in [-0.25, -0.2) is 4.52 Å². The monoisotopic (exact) mass is 382 g/mol. The van der Waals surface area contributed by atoms with Crippen molar-refractivity contribution in [1.29, 1.82) is 0 Å². The molecule has 1 aromatic carbocycles. The van der Waals surface area contributed by atoms with E-state index in [2.05, 4.69) is 10.2 Å². The molecule has 1 aliphatic heterocycles. The zero-order valence-corrected chi connectivity index (χ0v) is 15.9. The summed E-state index contributed by atoms with van der Waals surface area (Å²) in [5.41, 5.74) is 3.91. The number of halogens is 1. The van der Waals surface area contributed by atoms with E-state index in [1.807, 2.05) is 65.3 Å². The molecule has 27 heavy (non-hydrogen) atoms. The lowest BCUT2D eigenvalue weighted by Crippen LogP contribution is -2.45. The zero-order valence-electron chi connectivity index (χ0n) is 15.0. The number of pyridine rings is 1. The van der Waals surface area contributed by atoms with Gasteiger partial charge in [-0.15, -0.1) is 12.4 Å². The number of piperazine rings is 1. The number of carbonyl (C=O) groups is 1. The van der Waals surface area contributed by atoms with Crippen molar-refractivity contribution in [3.8, 4) is 11.3 Å². The van der Waals surface area contributed by atoms with Crippen LogP contribution in [0.4, 0.5) is 0 Å². The molecule has 0 unspecified atom stereocenters. The Morgan fingerprint density at radius 2 is 1.81 bits per heavy atom. The Morgan fingerprint density at radius 3 is 2.59 bits per heavy atom. The van der Waals surface area contributed by atoms with Crippen LogP contribution >= 0.6 is 12.4 Å². The maximum absolute atomic E-state index is 12.4. The molecular formula is C21H23ClN4O. The van der Waals surface area contributed by atoms with Crippen molar-refractivity contribution in [3.63, 3.8) is 0 Å². The van der Waals surface area contributed by atoms with Crippen LogP contribution in [0.15, 0.2) is 60.8 Å². The molecule has 3 aromatic rings. The van der Waals surface area contributed by atoms with Crippen molar-refractivity contribution >= 4 is 29.8 Å². The van der Waals surface area contributed by atoms with Crippen molar-refractivity contribution < 1.29 is 4.79 Å². The summed E-state index contributed by atoms with van der Waals surface area (Å²) in [6.07, 6.45) is 5.54. The molecule has 5 nitrogen and oxygen atoms in total. The molecule has 1 saturated heterocycles. The fourth-order valence-electron chi connectivity index (χ4n) is 3.31. The van der Waals surface area contributed by atoms with E-state index in [9.17, 15) is 4.79 Å². The van der Waals surface area contributed by atoms with E-state index in [-0.39, 0.29) is 18.2 Å². The molecule has 0 aliphatic carbocycles. The van der Waals surface area contributed by atoms with Gasteiger partial charge < -0.3 is 5.32 Å². The molecular weight excluding hydrogens is 360 g/mol. The predicted octanol–water partition coefficient (Wildman–Crippen LogP) is 2.91. The molecule has 4 rings (SSSR count).